The molecule has 0 atom stereocenters. The zero-order valence-corrected chi connectivity index (χ0v) is 15.1. The van der Waals surface area contributed by atoms with E-state index in [1.165, 1.54) is 0 Å². The largest absolute Gasteiger partial charge is 0.345 e. The van der Waals surface area contributed by atoms with Gasteiger partial charge in [-0.25, -0.2) is 15.4 Å². The summed E-state index contributed by atoms with van der Waals surface area (Å²) >= 11 is 0. The number of rotatable bonds is 5. The summed E-state index contributed by atoms with van der Waals surface area (Å²) in [5.74, 6) is 0.864. The van der Waals surface area contributed by atoms with Gasteiger partial charge in [0.2, 0.25) is 5.95 Å². The van der Waals surface area contributed by atoms with Crippen molar-refractivity contribution in [1.29, 1.82) is 5.26 Å². The summed E-state index contributed by atoms with van der Waals surface area (Å²) < 4.78 is 0. The third kappa shape index (κ3) is 3.79. The van der Waals surface area contributed by atoms with Crippen LogP contribution in [0.4, 0.5) is 5.95 Å². The Bertz CT molecular complexity index is 1250. The fraction of sp³-hybridized carbons (Fsp3) is 0. The van der Waals surface area contributed by atoms with Crippen LogP contribution >= 0.6 is 0 Å². The monoisotopic (exact) mass is 381 g/mol. The highest BCUT2D eigenvalue weighted by Crippen LogP contribution is 2.20. The molecule has 0 spiro atoms. The van der Waals surface area contributed by atoms with Crippen molar-refractivity contribution in [2.24, 2.45) is 5.10 Å². The number of hydrogen-bond donors (Lipinski definition) is 3. The van der Waals surface area contributed by atoms with E-state index in [0.29, 0.717) is 11.3 Å². The predicted molar refractivity (Wildman–Crippen MR) is 110 cm³/mol. The summed E-state index contributed by atoms with van der Waals surface area (Å²) in [6.45, 7) is 0. The Morgan fingerprint density at radius 2 is 1.90 bits per heavy atom. The maximum atomic E-state index is 12.3. The van der Waals surface area contributed by atoms with E-state index < -0.39 is 5.56 Å². The average Bonchev–Trinajstić information content (AvgIpc) is 3.29. The van der Waals surface area contributed by atoms with E-state index in [4.69, 9.17) is 0 Å². The number of nitriles is 1. The number of benzene rings is 2. The third-order valence-electron chi connectivity index (χ3n) is 4.17. The van der Waals surface area contributed by atoms with Crippen LogP contribution in [0.1, 0.15) is 11.1 Å². The van der Waals surface area contributed by atoms with Crippen LogP contribution in [0.25, 0.3) is 22.6 Å². The Hall–Kier alpha value is -4.51. The minimum Gasteiger partial charge on any atom is -0.345 e. The van der Waals surface area contributed by atoms with Crippen LogP contribution in [-0.2, 0) is 0 Å². The fourth-order valence-electron chi connectivity index (χ4n) is 2.84. The standard InChI is InChI=1S/C21H15N7O/c22-12-17-18(14-6-2-1-3-7-14)26-21(27-20(17)29)28-25-13-15-8-4-5-9-16(15)19-23-10-11-24-19/h1-11,13H,(H,23,24)(H2,26,27,28,29). The molecule has 8 nitrogen and oxygen atoms in total. The Morgan fingerprint density at radius 3 is 2.66 bits per heavy atom. The van der Waals surface area contributed by atoms with Crippen molar-refractivity contribution in [3.8, 4) is 28.7 Å². The topological polar surface area (TPSA) is 123 Å². The van der Waals surface area contributed by atoms with E-state index in [0.717, 1.165) is 17.0 Å². The van der Waals surface area contributed by atoms with E-state index in [-0.39, 0.29) is 11.5 Å². The molecular formula is C21H15N7O. The first-order valence-corrected chi connectivity index (χ1v) is 8.74. The number of aromatic nitrogens is 4. The maximum Gasteiger partial charge on any atom is 0.270 e. The van der Waals surface area contributed by atoms with Crippen molar-refractivity contribution >= 4 is 12.2 Å². The van der Waals surface area contributed by atoms with Crippen LogP contribution in [0.5, 0.6) is 0 Å². The normalized spacial score (nSPS) is 10.7. The first-order chi connectivity index (χ1) is 14.3. The van der Waals surface area contributed by atoms with Crippen LogP contribution < -0.4 is 11.0 Å². The van der Waals surface area contributed by atoms with Crippen molar-refractivity contribution in [3.05, 3.63) is 88.5 Å². The van der Waals surface area contributed by atoms with Crippen molar-refractivity contribution in [1.82, 2.24) is 19.9 Å². The highest BCUT2D eigenvalue weighted by molar-refractivity contribution is 5.89. The molecule has 0 aliphatic heterocycles. The van der Waals surface area contributed by atoms with E-state index in [9.17, 15) is 10.1 Å². The van der Waals surface area contributed by atoms with Gasteiger partial charge in [0.1, 0.15) is 17.5 Å². The molecule has 8 heteroatoms. The molecule has 0 bridgehead atoms. The summed E-state index contributed by atoms with van der Waals surface area (Å²) in [6, 6.07) is 18.6. The van der Waals surface area contributed by atoms with E-state index in [1.54, 1.807) is 30.7 Å². The Morgan fingerprint density at radius 1 is 1.10 bits per heavy atom. The molecule has 4 rings (SSSR count). The van der Waals surface area contributed by atoms with E-state index in [2.05, 4.69) is 30.5 Å². The van der Waals surface area contributed by atoms with Crippen LogP contribution in [0, 0.1) is 11.3 Å². The lowest BCUT2D eigenvalue weighted by molar-refractivity contribution is 1.08. The van der Waals surface area contributed by atoms with Crippen molar-refractivity contribution < 1.29 is 0 Å². The van der Waals surface area contributed by atoms with Crippen LogP contribution in [-0.4, -0.2) is 26.2 Å². The van der Waals surface area contributed by atoms with Crippen molar-refractivity contribution in [2.45, 2.75) is 0 Å². The molecule has 0 amide bonds. The molecule has 0 unspecified atom stereocenters. The fourth-order valence-corrected chi connectivity index (χ4v) is 2.84. The Balaban J connectivity index is 1.64. The summed E-state index contributed by atoms with van der Waals surface area (Å²) in [5, 5.41) is 13.5. The first kappa shape index (κ1) is 17.9. The van der Waals surface area contributed by atoms with Crippen LogP contribution in [0.3, 0.4) is 0 Å². The molecule has 4 aromatic rings. The lowest BCUT2D eigenvalue weighted by Gasteiger charge is -2.06. The Kier molecular flexibility index (Phi) is 4.95. The number of nitrogens with one attached hydrogen (secondary N) is 3. The van der Waals surface area contributed by atoms with Gasteiger partial charge in [0, 0.05) is 29.1 Å². The van der Waals surface area contributed by atoms with Gasteiger partial charge in [0.25, 0.3) is 5.56 Å². The Labute approximate surface area is 165 Å². The number of hydrazone groups is 1. The molecule has 3 N–H and O–H groups in total. The number of H-pyrrole nitrogens is 2. The minimum atomic E-state index is -0.532. The zero-order chi connectivity index (χ0) is 20.1. The molecule has 29 heavy (non-hydrogen) atoms. The molecular weight excluding hydrogens is 366 g/mol. The maximum absolute atomic E-state index is 12.3. The number of hydrogen-bond acceptors (Lipinski definition) is 6. The van der Waals surface area contributed by atoms with Gasteiger partial charge in [-0.15, -0.1) is 0 Å². The molecule has 2 aromatic heterocycles. The molecule has 0 saturated heterocycles. The van der Waals surface area contributed by atoms with Gasteiger partial charge in [0.05, 0.1) is 11.9 Å². The molecule has 2 heterocycles. The predicted octanol–water partition coefficient (Wildman–Crippen LogP) is 3.14. The highest BCUT2D eigenvalue weighted by atomic mass is 16.1. The first-order valence-electron chi connectivity index (χ1n) is 8.74. The second-order valence-corrected chi connectivity index (χ2v) is 6.01. The van der Waals surface area contributed by atoms with E-state index >= 15 is 0 Å². The zero-order valence-electron chi connectivity index (χ0n) is 15.1. The summed E-state index contributed by atoms with van der Waals surface area (Å²) in [5.41, 5.74) is 4.83. The number of nitrogens with zero attached hydrogens (tertiary/aromatic N) is 4. The molecule has 0 aliphatic rings. The quantitative estimate of drug-likeness (QED) is 0.362. The van der Waals surface area contributed by atoms with Crippen LogP contribution in [0.2, 0.25) is 0 Å². The molecule has 0 aliphatic carbocycles. The molecule has 0 radical (unpaired) electrons. The molecule has 140 valence electrons. The summed E-state index contributed by atoms with van der Waals surface area (Å²) in [7, 11) is 0. The number of imidazole rings is 1. The lowest BCUT2D eigenvalue weighted by Crippen LogP contribution is -2.16. The average molecular weight is 381 g/mol. The van der Waals surface area contributed by atoms with E-state index in [1.807, 2.05) is 48.5 Å². The SMILES string of the molecule is N#Cc1c(-c2ccccc2)nc(NN=Cc2ccccc2-c2ncc[nH]2)[nH]c1=O. The van der Waals surface area contributed by atoms with Crippen LogP contribution in [0.15, 0.2) is 76.9 Å². The van der Waals surface area contributed by atoms with Gasteiger partial charge in [-0.2, -0.15) is 10.4 Å². The van der Waals surface area contributed by atoms with Gasteiger partial charge in [-0.1, -0.05) is 54.6 Å². The minimum absolute atomic E-state index is 0.0473. The third-order valence-corrected chi connectivity index (χ3v) is 4.17. The van der Waals surface area contributed by atoms with Gasteiger partial charge >= 0.3 is 0 Å². The second kappa shape index (κ2) is 8.02. The second-order valence-electron chi connectivity index (χ2n) is 6.01. The van der Waals surface area contributed by atoms with Gasteiger partial charge in [-0.3, -0.25) is 9.78 Å². The lowest BCUT2D eigenvalue weighted by atomic mass is 10.1. The highest BCUT2D eigenvalue weighted by Gasteiger charge is 2.13. The molecule has 0 saturated carbocycles. The van der Waals surface area contributed by atoms with Gasteiger partial charge in [-0.05, 0) is 0 Å². The van der Waals surface area contributed by atoms with Gasteiger partial charge < -0.3 is 4.98 Å². The van der Waals surface area contributed by atoms with Crippen molar-refractivity contribution in [3.63, 3.8) is 0 Å². The number of anilines is 1. The van der Waals surface area contributed by atoms with Gasteiger partial charge in [0.15, 0.2) is 0 Å². The number of aromatic amines is 2. The summed E-state index contributed by atoms with van der Waals surface area (Å²) in [4.78, 5) is 26.5. The smallest absolute Gasteiger partial charge is 0.270 e. The molecule has 0 fully saturated rings. The van der Waals surface area contributed by atoms with Crippen molar-refractivity contribution in [2.75, 3.05) is 5.43 Å². The molecule has 2 aromatic carbocycles. The summed E-state index contributed by atoms with van der Waals surface area (Å²) in [6.07, 6.45) is 5.04.